The summed E-state index contributed by atoms with van der Waals surface area (Å²) in [6, 6.07) is 0. The van der Waals surface area contributed by atoms with Gasteiger partial charge in [-0.25, -0.2) is 4.98 Å². The van der Waals surface area contributed by atoms with E-state index in [1.165, 1.54) is 5.57 Å². The van der Waals surface area contributed by atoms with E-state index in [0.717, 1.165) is 32.5 Å². The fourth-order valence-corrected chi connectivity index (χ4v) is 2.06. The van der Waals surface area contributed by atoms with Crippen molar-refractivity contribution in [3.8, 4) is 0 Å². The Morgan fingerprint density at radius 3 is 3.17 bits per heavy atom. The lowest BCUT2D eigenvalue weighted by molar-refractivity contribution is 0.682. The van der Waals surface area contributed by atoms with Crippen LogP contribution in [0.5, 0.6) is 0 Å². The summed E-state index contributed by atoms with van der Waals surface area (Å²) in [6.07, 6.45) is 7.68. The first-order valence-electron chi connectivity index (χ1n) is 6.49. The van der Waals surface area contributed by atoms with Gasteiger partial charge in [-0.3, -0.25) is 4.79 Å². The summed E-state index contributed by atoms with van der Waals surface area (Å²) in [7, 11) is 0. The number of aromatic nitrogens is 2. The van der Waals surface area contributed by atoms with Gasteiger partial charge in [-0.05, 0) is 26.3 Å². The largest absolute Gasteiger partial charge is 0.365 e. The molecule has 1 aliphatic heterocycles. The zero-order valence-electron chi connectivity index (χ0n) is 10.8. The first kappa shape index (κ1) is 12.8. The predicted molar refractivity (Wildman–Crippen MR) is 72.8 cm³/mol. The van der Waals surface area contributed by atoms with Crippen molar-refractivity contribution >= 4 is 5.82 Å². The lowest BCUT2D eigenvalue weighted by Gasteiger charge is -2.14. The van der Waals surface area contributed by atoms with E-state index in [0.29, 0.717) is 12.4 Å². The molecule has 1 aliphatic rings. The number of hydrogen-bond acceptors (Lipinski definition) is 4. The first-order valence-corrected chi connectivity index (χ1v) is 6.49. The third-order valence-corrected chi connectivity index (χ3v) is 3.15. The van der Waals surface area contributed by atoms with Crippen molar-refractivity contribution in [2.24, 2.45) is 0 Å². The predicted octanol–water partition coefficient (Wildman–Crippen LogP) is 0.985. The van der Waals surface area contributed by atoms with E-state index < -0.39 is 0 Å². The van der Waals surface area contributed by atoms with Gasteiger partial charge in [-0.1, -0.05) is 11.6 Å². The second-order valence-corrected chi connectivity index (χ2v) is 4.36. The van der Waals surface area contributed by atoms with Gasteiger partial charge in [0.2, 0.25) is 0 Å². The Hall–Kier alpha value is -1.62. The van der Waals surface area contributed by atoms with Crippen LogP contribution in [0.2, 0.25) is 0 Å². The maximum absolute atomic E-state index is 11.9. The molecule has 0 bridgehead atoms. The normalized spacial score (nSPS) is 15.3. The van der Waals surface area contributed by atoms with Crippen LogP contribution in [0.4, 0.5) is 5.82 Å². The van der Waals surface area contributed by atoms with Crippen LogP contribution in [0.3, 0.4) is 0 Å². The van der Waals surface area contributed by atoms with Gasteiger partial charge in [0.1, 0.15) is 0 Å². The Balaban J connectivity index is 1.90. The van der Waals surface area contributed by atoms with Crippen LogP contribution in [-0.2, 0) is 6.54 Å². The van der Waals surface area contributed by atoms with Gasteiger partial charge in [0.15, 0.2) is 5.82 Å². The van der Waals surface area contributed by atoms with Gasteiger partial charge in [-0.15, -0.1) is 0 Å². The second kappa shape index (κ2) is 6.35. The molecule has 1 aromatic rings. The van der Waals surface area contributed by atoms with Gasteiger partial charge in [0, 0.05) is 32.0 Å². The van der Waals surface area contributed by atoms with E-state index in [1.54, 1.807) is 17.0 Å². The molecular weight excluding hydrogens is 228 g/mol. The van der Waals surface area contributed by atoms with Gasteiger partial charge in [-0.2, -0.15) is 0 Å². The minimum Gasteiger partial charge on any atom is -0.365 e. The minimum absolute atomic E-state index is 0.0423. The molecule has 0 atom stereocenters. The zero-order valence-corrected chi connectivity index (χ0v) is 10.8. The quantitative estimate of drug-likeness (QED) is 0.763. The highest BCUT2D eigenvalue weighted by atomic mass is 16.1. The highest BCUT2D eigenvalue weighted by Gasteiger charge is 2.05. The molecular formula is C13H20N4O. The highest BCUT2D eigenvalue weighted by molar-refractivity contribution is 5.31. The molecule has 1 aromatic heterocycles. The summed E-state index contributed by atoms with van der Waals surface area (Å²) in [4.78, 5) is 16.0. The maximum atomic E-state index is 11.9. The molecule has 2 N–H and O–H groups in total. The molecule has 0 unspecified atom stereocenters. The van der Waals surface area contributed by atoms with Crippen LogP contribution in [0.15, 0.2) is 28.8 Å². The standard InChI is InChI=1S/C13H20N4O/c1-2-17-10-9-16-12(13(17)18)15-8-5-11-3-6-14-7-4-11/h3,9-10,14H,2,4-8H2,1H3,(H,15,16). The number of nitrogens with zero attached hydrogens (tertiary/aromatic N) is 2. The van der Waals surface area contributed by atoms with E-state index in [2.05, 4.69) is 21.7 Å². The summed E-state index contributed by atoms with van der Waals surface area (Å²) in [6.45, 7) is 5.40. The minimum atomic E-state index is -0.0423. The third kappa shape index (κ3) is 3.20. The smallest absolute Gasteiger partial charge is 0.293 e. The molecule has 0 spiro atoms. The lowest BCUT2D eigenvalue weighted by atomic mass is 10.1. The Bertz CT molecular complexity index is 478. The van der Waals surface area contributed by atoms with E-state index in [-0.39, 0.29) is 5.56 Å². The van der Waals surface area contributed by atoms with Crippen molar-refractivity contribution in [1.82, 2.24) is 14.9 Å². The molecule has 18 heavy (non-hydrogen) atoms. The fraction of sp³-hybridized carbons (Fsp3) is 0.538. The Labute approximate surface area is 107 Å². The maximum Gasteiger partial charge on any atom is 0.293 e. The molecule has 5 nitrogen and oxygen atoms in total. The van der Waals surface area contributed by atoms with Gasteiger partial charge < -0.3 is 15.2 Å². The van der Waals surface area contributed by atoms with Crippen molar-refractivity contribution in [3.05, 3.63) is 34.4 Å². The Morgan fingerprint density at radius 2 is 2.44 bits per heavy atom. The van der Waals surface area contributed by atoms with E-state index in [1.807, 2.05) is 6.92 Å². The molecule has 0 amide bonds. The van der Waals surface area contributed by atoms with Crippen LogP contribution in [0.1, 0.15) is 19.8 Å². The summed E-state index contributed by atoms with van der Waals surface area (Å²) in [5.41, 5.74) is 1.41. The molecule has 0 aromatic carbocycles. The number of nitrogens with one attached hydrogen (secondary N) is 2. The summed E-state index contributed by atoms with van der Waals surface area (Å²) in [5, 5.41) is 6.41. The lowest BCUT2D eigenvalue weighted by Crippen LogP contribution is -2.25. The van der Waals surface area contributed by atoms with E-state index in [9.17, 15) is 4.79 Å². The Morgan fingerprint density at radius 1 is 1.56 bits per heavy atom. The average Bonchev–Trinajstić information content (AvgIpc) is 2.42. The Kier molecular flexibility index (Phi) is 4.52. The number of anilines is 1. The SMILES string of the molecule is CCn1ccnc(NCCC2=CCNCC2)c1=O. The molecule has 2 heterocycles. The number of aryl methyl sites for hydroxylation is 1. The fourth-order valence-electron chi connectivity index (χ4n) is 2.06. The summed E-state index contributed by atoms with van der Waals surface area (Å²) >= 11 is 0. The monoisotopic (exact) mass is 248 g/mol. The van der Waals surface area contributed by atoms with Crippen molar-refractivity contribution in [2.75, 3.05) is 25.0 Å². The average molecular weight is 248 g/mol. The van der Waals surface area contributed by atoms with Crippen molar-refractivity contribution in [2.45, 2.75) is 26.3 Å². The van der Waals surface area contributed by atoms with Crippen LogP contribution in [0, 0.1) is 0 Å². The highest BCUT2D eigenvalue weighted by Crippen LogP contribution is 2.08. The number of hydrogen-bond donors (Lipinski definition) is 2. The summed E-state index contributed by atoms with van der Waals surface area (Å²) < 4.78 is 1.65. The van der Waals surface area contributed by atoms with Crippen molar-refractivity contribution < 1.29 is 0 Å². The second-order valence-electron chi connectivity index (χ2n) is 4.36. The molecule has 2 rings (SSSR count). The molecule has 98 valence electrons. The van der Waals surface area contributed by atoms with Crippen molar-refractivity contribution in [1.29, 1.82) is 0 Å². The molecule has 0 fully saturated rings. The molecule has 0 saturated heterocycles. The molecule has 0 radical (unpaired) electrons. The van der Waals surface area contributed by atoms with Crippen LogP contribution < -0.4 is 16.2 Å². The topological polar surface area (TPSA) is 59.0 Å². The zero-order chi connectivity index (χ0) is 12.8. The van der Waals surface area contributed by atoms with Gasteiger partial charge >= 0.3 is 0 Å². The molecule has 5 heteroatoms. The molecule has 0 saturated carbocycles. The summed E-state index contributed by atoms with van der Waals surface area (Å²) in [5.74, 6) is 0.453. The third-order valence-electron chi connectivity index (χ3n) is 3.15. The van der Waals surface area contributed by atoms with Crippen molar-refractivity contribution in [3.63, 3.8) is 0 Å². The van der Waals surface area contributed by atoms with Gasteiger partial charge in [0.25, 0.3) is 5.56 Å². The van der Waals surface area contributed by atoms with Gasteiger partial charge in [0.05, 0.1) is 0 Å². The van der Waals surface area contributed by atoms with Crippen LogP contribution in [0.25, 0.3) is 0 Å². The van der Waals surface area contributed by atoms with E-state index in [4.69, 9.17) is 0 Å². The molecule has 0 aliphatic carbocycles. The first-order chi connectivity index (χ1) is 8.81. The number of rotatable bonds is 5. The van der Waals surface area contributed by atoms with E-state index >= 15 is 0 Å². The van der Waals surface area contributed by atoms with Crippen LogP contribution >= 0.6 is 0 Å². The van der Waals surface area contributed by atoms with Crippen LogP contribution in [-0.4, -0.2) is 29.2 Å².